The van der Waals surface area contributed by atoms with Crippen LogP contribution in [0.4, 0.5) is 5.69 Å². The third kappa shape index (κ3) is 4.79. The molecule has 0 saturated carbocycles. The van der Waals surface area contributed by atoms with Crippen molar-refractivity contribution >= 4 is 29.1 Å². The van der Waals surface area contributed by atoms with Gasteiger partial charge >= 0.3 is 0 Å². The second-order valence-corrected chi connectivity index (χ2v) is 4.70. The lowest BCUT2D eigenvalue weighted by Gasteiger charge is -2.15. The maximum absolute atomic E-state index is 12.1. The molecule has 0 aromatic heterocycles. The molecule has 0 saturated heterocycles. The minimum absolute atomic E-state index is 0.100. The Kier molecular flexibility index (Phi) is 5.63. The van der Waals surface area contributed by atoms with Crippen LogP contribution in [-0.4, -0.2) is 24.4 Å². The lowest BCUT2D eigenvalue weighted by molar-refractivity contribution is -0.118. The lowest BCUT2D eigenvalue weighted by Crippen LogP contribution is -2.36. The predicted octanol–water partition coefficient (Wildman–Crippen LogP) is 1.77. The highest BCUT2D eigenvalue weighted by Gasteiger charge is 2.15. The number of nitrogens with one attached hydrogen (secondary N) is 2. The van der Waals surface area contributed by atoms with Gasteiger partial charge in [-0.3, -0.25) is 9.59 Å². The van der Waals surface area contributed by atoms with Gasteiger partial charge in [0.1, 0.15) is 0 Å². The lowest BCUT2D eigenvalue weighted by atomic mass is 10.1. The Morgan fingerprint density at radius 3 is 2.68 bits per heavy atom. The van der Waals surface area contributed by atoms with E-state index in [0.717, 1.165) is 0 Å². The summed E-state index contributed by atoms with van der Waals surface area (Å²) in [7, 11) is 0. The number of rotatable bonds is 6. The van der Waals surface area contributed by atoms with Gasteiger partial charge in [0.25, 0.3) is 5.91 Å². The molecule has 1 atom stereocenters. The molecule has 0 fully saturated rings. The number of amides is 2. The highest BCUT2D eigenvalue weighted by Crippen LogP contribution is 2.20. The fraction of sp³-hybridized carbons (Fsp3) is 0.385. The van der Waals surface area contributed by atoms with E-state index in [2.05, 4.69) is 10.6 Å². The van der Waals surface area contributed by atoms with E-state index in [1.807, 2.05) is 6.92 Å². The van der Waals surface area contributed by atoms with E-state index in [1.54, 1.807) is 25.1 Å². The first-order chi connectivity index (χ1) is 8.93. The number of benzene rings is 1. The fourth-order valence-corrected chi connectivity index (χ4v) is 1.88. The number of hydrogen-bond acceptors (Lipinski definition) is 3. The first kappa shape index (κ1) is 15.3. The van der Waals surface area contributed by atoms with E-state index in [4.69, 9.17) is 17.3 Å². The van der Waals surface area contributed by atoms with Gasteiger partial charge in [-0.2, -0.15) is 0 Å². The van der Waals surface area contributed by atoms with Gasteiger partial charge in [0, 0.05) is 29.7 Å². The zero-order chi connectivity index (χ0) is 14.4. The molecule has 4 N–H and O–H groups in total. The van der Waals surface area contributed by atoms with Crippen molar-refractivity contribution < 1.29 is 9.59 Å². The maximum Gasteiger partial charge on any atom is 0.253 e. The summed E-state index contributed by atoms with van der Waals surface area (Å²) in [4.78, 5) is 22.9. The molecule has 6 heteroatoms. The summed E-state index contributed by atoms with van der Waals surface area (Å²) in [5, 5.41) is 6.28. The first-order valence-electron chi connectivity index (χ1n) is 6.06. The van der Waals surface area contributed by atoms with Gasteiger partial charge in [-0.15, -0.1) is 0 Å². The van der Waals surface area contributed by atoms with Crippen LogP contribution in [0.25, 0.3) is 0 Å². The van der Waals surface area contributed by atoms with Gasteiger partial charge < -0.3 is 16.4 Å². The van der Waals surface area contributed by atoms with Crippen molar-refractivity contribution in [2.45, 2.75) is 26.3 Å². The summed E-state index contributed by atoms with van der Waals surface area (Å²) in [5.74, 6) is -0.738. The van der Waals surface area contributed by atoms with Crippen molar-refractivity contribution in [2.75, 3.05) is 11.9 Å². The first-order valence-corrected chi connectivity index (χ1v) is 6.44. The Hall–Kier alpha value is -1.75. The molecule has 1 aromatic rings. The molecule has 0 aliphatic heterocycles. The Morgan fingerprint density at radius 2 is 2.11 bits per heavy atom. The van der Waals surface area contributed by atoms with Gasteiger partial charge in [-0.05, 0) is 32.0 Å². The fourth-order valence-electron chi connectivity index (χ4n) is 1.70. The molecule has 0 bridgehead atoms. The minimum Gasteiger partial charge on any atom is -0.385 e. The Bertz CT molecular complexity index is 477. The number of hydrogen-bond donors (Lipinski definition) is 3. The molecule has 0 aliphatic rings. The second kappa shape index (κ2) is 6.99. The van der Waals surface area contributed by atoms with Crippen LogP contribution < -0.4 is 16.4 Å². The van der Waals surface area contributed by atoms with Crippen LogP contribution in [0.5, 0.6) is 0 Å². The van der Waals surface area contributed by atoms with Crippen LogP contribution in [0.2, 0.25) is 5.02 Å². The number of carbonyl (C=O) groups is 2. The third-order valence-corrected chi connectivity index (χ3v) is 2.71. The molecular formula is C13H18ClN3O2. The molecule has 1 rings (SSSR count). The van der Waals surface area contributed by atoms with Crippen LogP contribution in [0.1, 0.15) is 30.6 Å². The summed E-state index contributed by atoms with van der Waals surface area (Å²) in [5.41, 5.74) is 6.24. The molecule has 0 aliphatic carbocycles. The van der Waals surface area contributed by atoms with Crippen molar-refractivity contribution in [1.29, 1.82) is 0 Å². The molecule has 0 spiro atoms. The predicted molar refractivity (Wildman–Crippen MR) is 76.4 cm³/mol. The SMILES string of the molecule is CCNc1ccc(Cl)cc1C(=O)NC(C)CC(N)=O. The third-order valence-electron chi connectivity index (χ3n) is 2.48. The van der Waals surface area contributed by atoms with Gasteiger partial charge in [-0.1, -0.05) is 11.6 Å². The summed E-state index contributed by atoms with van der Waals surface area (Å²) in [6, 6.07) is 4.73. The van der Waals surface area contributed by atoms with E-state index in [1.165, 1.54) is 0 Å². The average Bonchev–Trinajstić information content (AvgIpc) is 2.30. The molecule has 5 nitrogen and oxygen atoms in total. The Labute approximate surface area is 117 Å². The van der Waals surface area contributed by atoms with E-state index in [9.17, 15) is 9.59 Å². The number of primary amides is 1. The quantitative estimate of drug-likeness (QED) is 0.744. The number of anilines is 1. The van der Waals surface area contributed by atoms with Gasteiger partial charge in [-0.25, -0.2) is 0 Å². The molecule has 1 aromatic carbocycles. The minimum atomic E-state index is -0.453. The standard InChI is InChI=1S/C13H18ClN3O2/c1-3-16-11-5-4-9(14)7-10(11)13(19)17-8(2)6-12(15)18/h4-5,7-8,16H,3,6H2,1-2H3,(H2,15,18)(H,17,19). The van der Waals surface area contributed by atoms with Gasteiger partial charge in [0.05, 0.1) is 5.56 Å². The highest BCUT2D eigenvalue weighted by molar-refractivity contribution is 6.31. The molecule has 2 amide bonds. The number of carbonyl (C=O) groups excluding carboxylic acids is 2. The maximum atomic E-state index is 12.1. The number of nitrogens with two attached hydrogens (primary N) is 1. The van der Waals surface area contributed by atoms with Crippen LogP contribution in [0.3, 0.4) is 0 Å². The number of halogens is 1. The highest BCUT2D eigenvalue weighted by atomic mass is 35.5. The Morgan fingerprint density at radius 1 is 1.42 bits per heavy atom. The topological polar surface area (TPSA) is 84.2 Å². The van der Waals surface area contributed by atoms with E-state index >= 15 is 0 Å². The van der Waals surface area contributed by atoms with Crippen molar-refractivity contribution in [3.8, 4) is 0 Å². The summed E-state index contributed by atoms with van der Waals surface area (Å²) in [6.07, 6.45) is 0.100. The van der Waals surface area contributed by atoms with E-state index in [0.29, 0.717) is 22.8 Å². The largest absolute Gasteiger partial charge is 0.385 e. The molecule has 0 heterocycles. The van der Waals surface area contributed by atoms with Crippen LogP contribution in [-0.2, 0) is 4.79 Å². The van der Waals surface area contributed by atoms with Crippen molar-refractivity contribution in [3.63, 3.8) is 0 Å². The summed E-state index contributed by atoms with van der Waals surface area (Å²) >= 11 is 5.90. The second-order valence-electron chi connectivity index (χ2n) is 4.27. The molecule has 0 radical (unpaired) electrons. The van der Waals surface area contributed by atoms with E-state index in [-0.39, 0.29) is 18.4 Å². The zero-order valence-electron chi connectivity index (χ0n) is 11.0. The van der Waals surface area contributed by atoms with Gasteiger partial charge in [0.15, 0.2) is 0 Å². The van der Waals surface area contributed by atoms with Crippen LogP contribution >= 0.6 is 11.6 Å². The summed E-state index contributed by atoms with van der Waals surface area (Å²) < 4.78 is 0. The average molecular weight is 284 g/mol. The zero-order valence-corrected chi connectivity index (χ0v) is 11.8. The van der Waals surface area contributed by atoms with Crippen LogP contribution in [0, 0.1) is 0 Å². The van der Waals surface area contributed by atoms with Gasteiger partial charge in [0.2, 0.25) is 5.91 Å². The Balaban J connectivity index is 2.85. The summed E-state index contributed by atoms with van der Waals surface area (Å²) in [6.45, 7) is 4.35. The molecular weight excluding hydrogens is 266 g/mol. The normalized spacial score (nSPS) is 11.7. The monoisotopic (exact) mass is 283 g/mol. The molecule has 19 heavy (non-hydrogen) atoms. The van der Waals surface area contributed by atoms with Crippen molar-refractivity contribution in [1.82, 2.24) is 5.32 Å². The van der Waals surface area contributed by atoms with Crippen molar-refractivity contribution in [3.05, 3.63) is 28.8 Å². The molecule has 1 unspecified atom stereocenters. The van der Waals surface area contributed by atoms with Crippen molar-refractivity contribution in [2.24, 2.45) is 5.73 Å². The molecule has 104 valence electrons. The smallest absolute Gasteiger partial charge is 0.253 e. The van der Waals surface area contributed by atoms with Crippen LogP contribution in [0.15, 0.2) is 18.2 Å². The van der Waals surface area contributed by atoms with E-state index < -0.39 is 5.91 Å².